The molecule has 0 fully saturated rings. The number of carbonyl (C=O) groups excluding carboxylic acids is 1. The Morgan fingerprint density at radius 1 is 1.42 bits per heavy atom. The second-order valence-electron chi connectivity index (χ2n) is 4.43. The van der Waals surface area contributed by atoms with Crippen molar-refractivity contribution in [2.24, 2.45) is 5.41 Å². The Labute approximate surface area is 111 Å². The second-order valence-corrected chi connectivity index (χ2v) is 4.43. The van der Waals surface area contributed by atoms with Crippen molar-refractivity contribution >= 4 is 11.6 Å². The van der Waals surface area contributed by atoms with Gasteiger partial charge >= 0.3 is 0 Å². The first kappa shape index (κ1) is 14.9. The van der Waals surface area contributed by atoms with E-state index in [4.69, 9.17) is 4.74 Å². The largest absolute Gasteiger partial charge is 0.383 e. The molecule has 0 bridgehead atoms. The summed E-state index contributed by atoms with van der Waals surface area (Å²) in [6.07, 6.45) is 0. The number of carbonyl (C=O) groups is 1. The molecule has 0 aliphatic rings. The first-order valence-electron chi connectivity index (χ1n) is 5.70. The second kappa shape index (κ2) is 6.69. The van der Waals surface area contributed by atoms with E-state index in [1.165, 1.54) is 14.0 Å². The van der Waals surface area contributed by atoms with Crippen LogP contribution in [0.1, 0.15) is 6.92 Å². The zero-order valence-corrected chi connectivity index (χ0v) is 10.9. The van der Waals surface area contributed by atoms with Crippen LogP contribution in [-0.4, -0.2) is 31.1 Å². The maximum absolute atomic E-state index is 12.0. The van der Waals surface area contributed by atoms with E-state index in [1.807, 2.05) is 6.07 Å². The molecule has 0 radical (unpaired) electrons. The Bertz CT molecular complexity index is 438. The van der Waals surface area contributed by atoms with Gasteiger partial charge in [-0.25, -0.2) is 0 Å². The zero-order valence-electron chi connectivity index (χ0n) is 10.9. The number of rotatable bonds is 7. The van der Waals surface area contributed by atoms with Gasteiger partial charge in [-0.2, -0.15) is 0 Å². The molecule has 1 amide bonds. The Kier molecular flexibility index (Phi) is 5.25. The lowest BCUT2D eigenvalue weighted by molar-refractivity contribution is -0.494. The van der Waals surface area contributed by atoms with Gasteiger partial charge in [-0.3, -0.25) is 25.8 Å². The monoisotopic (exact) mass is 267 g/mol. The Hall–Kier alpha value is -2.15. The number of benzene rings is 1. The lowest BCUT2D eigenvalue weighted by atomic mass is 9.91. The van der Waals surface area contributed by atoms with Crippen LogP contribution >= 0.6 is 0 Å². The van der Waals surface area contributed by atoms with Crippen LogP contribution in [0, 0.1) is 15.5 Å². The highest BCUT2D eigenvalue weighted by Gasteiger charge is 2.39. The summed E-state index contributed by atoms with van der Waals surface area (Å²) in [7, 11) is 1.40. The van der Waals surface area contributed by atoms with Crippen molar-refractivity contribution in [2.45, 2.75) is 6.92 Å². The normalized spacial score (nSPS) is 13.4. The van der Waals surface area contributed by atoms with Crippen LogP contribution in [0.15, 0.2) is 30.3 Å². The first-order valence-corrected chi connectivity index (χ1v) is 5.70. The van der Waals surface area contributed by atoms with Crippen molar-refractivity contribution in [1.82, 2.24) is 5.43 Å². The number of amides is 1. The molecule has 1 aromatic rings. The standard InChI is InChI=1S/C12H17N3O4/c1-12(9-19-2,8-15(17)18)11(16)14-13-10-6-4-3-5-7-10/h3-7,13H,8-9H2,1-2H3,(H,14,16). The molecule has 0 saturated carbocycles. The quantitative estimate of drug-likeness (QED) is 0.569. The Morgan fingerprint density at radius 2 is 2.05 bits per heavy atom. The fourth-order valence-electron chi connectivity index (χ4n) is 1.59. The number of nitro groups is 1. The van der Waals surface area contributed by atoms with Crippen LogP contribution in [0.4, 0.5) is 5.69 Å². The third kappa shape index (κ3) is 4.55. The van der Waals surface area contributed by atoms with Crippen LogP contribution in [-0.2, 0) is 9.53 Å². The van der Waals surface area contributed by atoms with Gasteiger partial charge in [-0.15, -0.1) is 0 Å². The summed E-state index contributed by atoms with van der Waals surface area (Å²) in [5, 5.41) is 10.6. The lowest BCUT2D eigenvalue weighted by Crippen LogP contribution is -2.48. The van der Waals surface area contributed by atoms with Crippen molar-refractivity contribution in [3.8, 4) is 0 Å². The summed E-state index contributed by atoms with van der Waals surface area (Å²) in [5.74, 6) is -0.491. The van der Waals surface area contributed by atoms with Gasteiger partial charge in [-0.05, 0) is 19.1 Å². The smallest absolute Gasteiger partial charge is 0.253 e. The molecule has 0 saturated heterocycles. The fraction of sp³-hybridized carbons (Fsp3) is 0.417. The predicted molar refractivity (Wildman–Crippen MR) is 70.1 cm³/mol. The van der Waals surface area contributed by atoms with Gasteiger partial charge in [0, 0.05) is 12.0 Å². The van der Waals surface area contributed by atoms with Gasteiger partial charge in [0.15, 0.2) is 0 Å². The number of ether oxygens (including phenoxy) is 1. The van der Waals surface area contributed by atoms with E-state index < -0.39 is 22.8 Å². The van der Waals surface area contributed by atoms with Gasteiger partial charge in [0.05, 0.1) is 12.3 Å². The number of hydrogen-bond donors (Lipinski definition) is 2. The van der Waals surface area contributed by atoms with Gasteiger partial charge in [0.2, 0.25) is 6.54 Å². The predicted octanol–water partition coefficient (Wildman–Crippen LogP) is 1.06. The molecule has 0 spiro atoms. The molecular formula is C12H17N3O4. The number of methoxy groups -OCH3 is 1. The van der Waals surface area contributed by atoms with Crippen LogP contribution in [0.25, 0.3) is 0 Å². The summed E-state index contributed by atoms with van der Waals surface area (Å²) in [6, 6.07) is 8.98. The minimum Gasteiger partial charge on any atom is -0.383 e. The first-order chi connectivity index (χ1) is 8.98. The van der Waals surface area contributed by atoms with Gasteiger partial charge in [-0.1, -0.05) is 18.2 Å². The molecule has 1 unspecified atom stereocenters. The number of nitrogens with zero attached hydrogens (tertiary/aromatic N) is 1. The summed E-state index contributed by atoms with van der Waals surface area (Å²) >= 11 is 0. The highest BCUT2D eigenvalue weighted by molar-refractivity contribution is 5.83. The van der Waals surface area contributed by atoms with E-state index in [2.05, 4.69) is 10.9 Å². The SMILES string of the molecule is COCC(C)(C[N+](=O)[O-])C(=O)NNc1ccccc1. The summed E-state index contributed by atoms with van der Waals surface area (Å²) < 4.78 is 4.89. The number of hydrazine groups is 1. The van der Waals surface area contributed by atoms with E-state index in [0.29, 0.717) is 5.69 Å². The van der Waals surface area contributed by atoms with E-state index >= 15 is 0 Å². The molecule has 7 nitrogen and oxygen atoms in total. The lowest BCUT2D eigenvalue weighted by Gasteiger charge is -2.23. The van der Waals surface area contributed by atoms with Crippen LogP contribution < -0.4 is 10.9 Å². The van der Waals surface area contributed by atoms with E-state index in [1.54, 1.807) is 24.3 Å². The van der Waals surface area contributed by atoms with Crippen LogP contribution in [0.2, 0.25) is 0 Å². The molecular weight excluding hydrogens is 250 g/mol. The minimum absolute atomic E-state index is 0.0315. The molecule has 19 heavy (non-hydrogen) atoms. The van der Waals surface area contributed by atoms with E-state index in [-0.39, 0.29) is 6.61 Å². The molecule has 1 rings (SSSR count). The topological polar surface area (TPSA) is 93.5 Å². The number of nitrogens with one attached hydrogen (secondary N) is 2. The van der Waals surface area contributed by atoms with Crippen LogP contribution in [0.3, 0.4) is 0 Å². The number of anilines is 1. The Morgan fingerprint density at radius 3 is 2.58 bits per heavy atom. The van der Waals surface area contributed by atoms with Gasteiger partial charge in [0.25, 0.3) is 5.91 Å². The fourth-order valence-corrected chi connectivity index (χ4v) is 1.59. The number of para-hydroxylation sites is 1. The summed E-state index contributed by atoms with van der Waals surface area (Å²) in [6.45, 7) is 0.959. The van der Waals surface area contributed by atoms with Crippen molar-refractivity contribution in [3.63, 3.8) is 0 Å². The molecule has 7 heteroatoms. The van der Waals surface area contributed by atoms with Crippen molar-refractivity contribution < 1.29 is 14.5 Å². The number of hydrogen-bond acceptors (Lipinski definition) is 5. The average molecular weight is 267 g/mol. The van der Waals surface area contributed by atoms with Gasteiger partial charge in [0.1, 0.15) is 5.41 Å². The van der Waals surface area contributed by atoms with E-state index in [0.717, 1.165) is 0 Å². The third-order valence-corrected chi connectivity index (χ3v) is 2.58. The zero-order chi connectivity index (χ0) is 14.3. The highest BCUT2D eigenvalue weighted by atomic mass is 16.6. The maximum Gasteiger partial charge on any atom is 0.253 e. The van der Waals surface area contributed by atoms with E-state index in [9.17, 15) is 14.9 Å². The molecule has 1 aromatic carbocycles. The molecule has 0 aliphatic heterocycles. The molecule has 0 aliphatic carbocycles. The molecule has 1 atom stereocenters. The maximum atomic E-state index is 12.0. The summed E-state index contributed by atoms with van der Waals surface area (Å²) in [4.78, 5) is 22.1. The van der Waals surface area contributed by atoms with Crippen molar-refractivity contribution in [3.05, 3.63) is 40.4 Å². The van der Waals surface area contributed by atoms with Crippen molar-refractivity contribution in [2.75, 3.05) is 25.7 Å². The summed E-state index contributed by atoms with van der Waals surface area (Å²) in [5.41, 5.74) is 4.63. The third-order valence-electron chi connectivity index (χ3n) is 2.58. The minimum atomic E-state index is -1.22. The molecule has 0 heterocycles. The van der Waals surface area contributed by atoms with Crippen molar-refractivity contribution in [1.29, 1.82) is 0 Å². The molecule has 0 aromatic heterocycles. The average Bonchev–Trinajstić information content (AvgIpc) is 2.36. The molecule has 2 N–H and O–H groups in total. The molecule has 104 valence electrons. The van der Waals surface area contributed by atoms with Crippen LogP contribution in [0.5, 0.6) is 0 Å². The highest BCUT2D eigenvalue weighted by Crippen LogP contribution is 2.17. The Balaban J connectivity index is 2.64. The van der Waals surface area contributed by atoms with Gasteiger partial charge < -0.3 is 4.74 Å².